The van der Waals surface area contributed by atoms with Gasteiger partial charge in [-0.1, -0.05) is 18.2 Å². The molecule has 2 N–H and O–H groups in total. The van der Waals surface area contributed by atoms with Crippen LogP contribution in [-0.4, -0.2) is 30.1 Å². The molecule has 1 aliphatic carbocycles. The molecule has 0 unspecified atom stereocenters. The lowest BCUT2D eigenvalue weighted by Gasteiger charge is -2.30. The fourth-order valence-electron chi connectivity index (χ4n) is 3.24. The van der Waals surface area contributed by atoms with E-state index in [1.54, 1.807) is 39.1 Å². The van der Waals surface area contributed by atoms with E-state index in [9.17, 15) is 13.2 Å². The smallest absolute Gasteiger partial charge is 0.227 e. The number of anilines is 1. The van der Waals surface area contributed by atoms with E-state index in [1.165, 1.54) is 0 Å². The summed E-state index contributed by atoms with van der Waals surface area (Å²) in [5.41, 5.74) is 0.607. The first-order valence-electron chi connectivity index (χ1n) is 10.2. The van der Waals surface area contributed by atoms with Crippen LogP contribution in [0.3, 0.4) is 0 Å². The predicted octanol–water partition coefficient (Wildman–Crippen LogP) is 4.09. The highest BCUT2D eigenvalue weighted by Gasteiger charge is 2.34. The Bertz CT molecular complexity index is 946. The third-order valence-corrected chi connectivity index (χ3v) is 7.45. The molecule has 0 bridgehead atoms. The van der Waals surface area contributed by atoms with E-state index in [1.807, 2.05) is 30.3 Å². The molecule has 30 heavy (non-hydrogen) atoms. The summed E-state index contributed by atoms with van der Waals surface area (Å²) in [6.07, 6.45) is 4.15. The Morgan fingerprint density at radius 3 is 2.27 bits per heavy atom. The number of carbonyl (C=O) groups excluding carboxylic acids is 1. The highest BCUT2D eigenvalue weighted by atomic mass is 32.2. The van der Waals surface area contributed by atoms with Gasteiger partial charge in [0.2, 0.25) is 21.8 Å². The van der Waals surface area contributed by atoms with Crippen molar-refractivity contribution in [2.24, 2.45) is 5.92 Å². The number of para-hydroxylation sites is 1. The quantitative estimate of drug-likeness (QED) is 0.718. The van der Waals surface area contributed by atoms with Crippen LogP contribution in [0.4, 0.5) is 5.69 Å². The van der Waals surface area contributed by atoms with Crippen molar-refractivity contribution in [2.45, 2.75) is 57.2 Å². The molecule has 8 heteroatoms. The van der Waals surface area contributed by atoms with E-state index in [-0.39, 0.29) is 17.9 Å². The van der Waals surface area contributed by atoms with Gasteiger partial charge in [-0.05, 0) is 64.7 Å². The standard InChI is InChI=1S/C22H29N3O4S/c1-22(2,3)30(27,28)25-17-11-9-16(10-12-17)21(26)24-18-13-14-20(23-15-18)29-19-7-5-4-6-8-19/h4-8,13-17,25H,9-12H2,1-3H3,(H,24,26)/t16-,17-. The van der Waals surface area contributed by atoms with Gasteiger partial charge < -0.3 is 10.1 Å². The van der Waals surface area contributed by atoms with Crippen molar-refractivity contribution in [3.05, 3.63) is 48.7 Å². The van der Waals surface area contributed by atoms with E-state index in [2.05, 4.69) is 15.0 Å². The van der Waals surface area contributed by atoms with Crippen molar-refractivity contribution in [2.75, 3.05) is 5.32 Å². The molecule has 1 aromatic heterocycles. The molecular weight excluding hydrogens is 402 g/mol. The van der Waals surface area contributed by atoms with Crippen molar-refractivity contribution in [3.63, 3.8) is 0 Å². The average molecular weight is 432 g/mol. The van der Waals surface area contributed by atoms with Gasteiger partial charge in [0.15, 0.2) is 0 Å². The molecule has 162 valence electrons. The molecule has 0 saturated heterocycles. The van der Waals surface area contributed by atoms with E-state index in [4.69, 9.17) is 4.74 Å². The van der Waals surface area contributed by atoms with Crippen LogP contribution in [0.5, 0.6) is 11.6 Å². The van der Waals surface area contributed by atoms with Crippen LogP contribution in [0.1, 0.15) is 46.5 Å². The summed E-state index contributed by atoms with van der Waals surface area (Å²) in [4.78, 5) is 16.8. The Morgan fingerprint density at radius 2 is 1.70 bits per heavy atom. The minimum Gasteiger partial charge on any atom is -0.439 e. The second-order valence-corrected chi connectivity index (χ2v) is 11.0. The SMILES string of the molecule is CC(C)(C)S(=O)(=O)N[C@H]1CC[C@H](C(=O)Nc2ccc(Oc3ccccc3)nc2)CC1. The molecular formula is C22H29N3O4S. The maximum Gasteiger partial charge on any atom is 0.227 e. The zero-order valence-corrected chi connectivity index (χ0v) is 18.4. The van der Waals surface area contributed by atoms with Gasteiger partial charge in [0, 0.05) is 18.0 Å². The number of carbonyl (C=O) groups is 1. The van der Waals surface area contributed by atoms with Crippen molar-refractivity contribution in [3.8, 4) is 11.6 Å². The van der Waals surface area contributed by atoms with Crippen molar-refractivity contribution in [1.29, 1.82) is 0 Å². The third-order valence-electron chi connectivity index (χ3n) is 5.20. The number of aromatic nitrogens is 1. The Kier molecular flexibility index (Phi) is 6.77. The van der Waals surface area contributed by atoms with Crippen molar-refractivity contribution < 1.29 is 17.9 Å². The number of amides is 1. The fraction of sp³-hybridized carbons (Fsp3) is 0.455. The third kappa shape index (κ3) is 5.79. The van der Waals surface area contributed by atoms with Gasteiger partial charge in [0.05, 0.1) is 16.6 Å². The molecule has 2 aromatic rings. The molecule has 1 aromatic carbocycles. The molecule has 0 radical (unpaired) electrons. The second kappa shape index (κ2) is 9.14. The van der Waals surface area contributed by atoms with Crippen molar-refractivity contribution in [1.82, 2.24) is 9.71 Å². The van der Waals surface area contributed by atoms with Crippen LogP contribution in [0.25, 0.3) is 0 Å². The largest absolute Gasteiger partial charge is 0.439 e. The van der Waals surface area contributed by atoms with E-state index in [0.29, 0.717) is 43.0 Å². The number of sulfonamides is 1. The number of hydrogen-bond donors (Lipinski definition) is 2. The second-order valence-electron chi connectivity index (χ2n) is 8.57. The first-order valence-corrected chi connectivity index (χ1v) is 11.6. The molecule has 7 nitrogen and oxygen atoms in total. The van der Waals surface area contributed by atoms with Gasteiger partial charge >= 0.3 is 0 Å². The van der Waals surface area contributed by atoms with Crippen LogP contribution in [-0.2, 0) is 14.8 Å². The van der Waals surface area contributed by atoms with Crippen molar-refractivity contribution >= 4 is 21.6 Å². The summed E-state index contributed by atoms with van der Waals surface area (Å²) < 4.78 is 32.2. The number of nitrogens with one attached hydrogen (secondary N) is 2. The van der Waals surface area contributed by atoms with E-state index < -0.39 is 14.8 Å². The lowest BCUT2D eigenvalue weighted by Crippen LogP contribution is -2.46. The first kappa shape index (κ1) is 22.2. The zero-order chi connectivity index (χ0) is 21.8. The van der Waals surface area contributed by atoms with Gasteiger partial charge in [-0.15, -0.1) is 0 Å². The normalized spacial score (nSPS) is 19.8. The molecule has 0 atom stereocenters. The molecule has 1 amide bonds. The van der Waals surface area contributed by atoms with Crippen LogP contribution in [0, 0.1) is 5.92 Å². The highest BCUT2D eigenvalue weighted by molar-refractivity contribution is 7.90. The number of pyridine rings is 1. The molecule has 3 rings (SSSR count). The number of rotatable bonds is 6. The Labute approximate surface area is 178 Å². The lowest BCUT2D eigenvalue weighted by molar-refractivity contribution is -0.120. The van der Waals surface area contributed by atoms with E-state index >= 15 is 0 Å². The summed E-state index contributed by atoms with van der Waals surface area (Å²) in [5.74, 6) is 0.942. The molecule has 1 fully saturated rings. The van der Waals surface area contributed by atoms with Crippen LogP contribution < -0.4 is 14.8 Å². The van der Waals surface area contributed by atoms with Crippen LogP contribution in [0.15, 0.2) is 48.7 Å². The zero-order valence-electron chi connectivity index (χ0n) is 17.6. The van der Waals surface area contributed by atoms with E-state index in [0.717, 1.165) is 0 Å². The number of nitrogens with zero attached hydrogens (tertiary/aromatic N) is 1. The summed E-state index contributed by atoms with van der Waals surface area (Å²) in [5, 5.41) is 2.89. The minimum absolute atomic E-state index is 0.0642. The lowest BCUT2D eigenvalue weighted by atomic mass is 9.86. The molecule has 1 saturated carbocycles. The predicted molar refractivity (Wildman–Crippen MR) is 117 cm³/mol. The van der Waals surface area contributed by atoms with Gasteiger partial charge in [0.1, 0.15) is 5.75 Å². The molecule has 0 aliphatic heterocycles. The van der Waals surface area contributed by atoms with Gasteiger partial charge in [-0.3, -0.25) is 4.79 Å². The molecule has 0 spiro atoms. The summed E-state index contributed by atoms with van der Waals surface area (Å²) in [7, 11) is -3.38. The van der Waals surface area contributed by atoms with Crippen LogP contribution >= 0.6 is 0 Å². The Balaban J connectivity index is 1.49. The Morgan fingerprint density at radius 1 is 1.03 bits per heavy atom. The molecule has 1 heterocycles. The number of benzene rings is 1. The minimum atomic E-state index is -3.38. The number of ether oxygens (including phenoxy) is 1. The van der Waals surface area contributed by atoms with Gasteiger partial charge in [-0.2, -0.15) is 0 Å². The summed E-state index contributed by atoms with van der Waals surface area (Å²) >= 11 is 0. The summed E-state index contributed by atoms with van der Waals surface area (Å²) in [6.45, 7) is 5.04. The fourth-order valence-corrected chi connectivity index (χ4v) is 4.27. The van der Waals surface area contributed by atoms with Gasteiger partial charge in [-0.25, -0.2) is 18.1 Å². The first-order chi connectivity index (χ1) is 14.1. The number of hydrogen-bond acceptors (Lipinski definition) is 5. The average Bonchev–Trinajstić information content (AvgIpc) is 2.70. The van der Waals surface area contributed by atoms with Gasteiger partial charge in [0.25, 0.3) is 0 Å². The summed E-state index contributed by atoms with van der Waals surface area (Å²) in [6, 6.07) is 12.7. The monoisotopic (exact) mass is 431 g/mol. The highest BCUT2D eigenvalue weighted by Crippen LogP contribution is 2.28. The maximum atomic E-state index is 12.6. The topological polar surface area (TPSA) is 97.4 Å². The molecule has 1 aliphatic rings. The maximum absolute atomic E-state index is 12.6. The Hall–Kier alpha value is -2.45. The van der Waals surface area contributed by atoms with Crippen LogP contribution in [0.2, 0.25) is 0 Å².